The zero-order valence-electron chi connectivity index (χ0n) is 29.2. The molecule has 1 unspecified atom stereocenters. The van der Waals surface area contributed by atoms with Crippen molar-refractivity contribution < 1.29 is 19.4 Å². The summed E-state index contributed by atoms with van der Waals surface area (Å²) >= 11 is 0. The monoisotopic (exact) mass is 599 g/mol. The van der Waals surface area contributed by atoms with Crippen LogP contribution in [0, 0.1) is 0 Å². The minimum Gasteiger partial charge on any atom is -0.480 e. The van der Waals surface area contributed by atoms with Crippen LogP contribution in [-0.2, 0) is 14.3 Å². The van der Waals surface area contributed by atoms with Crippen molar-refractivity contribution in [2.24, 2.45) is 0 Å². The van der Waals surface area contributed by atoms with E-state index in [0.29, 0.717) is 13.2 Å². The molecule has 42 heavy (non-hydrogen) atoms. The van der Waals surface area contributed by atoms with Crippen LogP contribution in [0.5, 0.6) is 0 Å². The Labute approximate surface area is 262 Å². The maximum absolute atomic E-state index is 11.3. The molecule has 0 aromatic carbocycles. The molecule has 1 N–H and O–H groups in total. The fourth-order valence-corrected chi connectivity index (χ4v) is 5.21. The highest BCUT2D eigenvalue weighted by Crippen LogP contribution is 2.14. The van der Waals surface area contributed by atoms with Crippen LogP contribution < -0.4 is 0 Å². The molecule has 0 spiro atoms. The molecule has 0 saturated carbocycles. The van der Waals surface area contributed by atoms with Crippen molar-refractivity contribution in [3.63, 3.8) is 0 Å². The summed E-state index contributed by atoms with van der Waals surface area (Å²) in [5, 5.41) is 9.08. The Kier molecular flexibility index (Phi) is 35.2. The van der Waals surface area contributed by atoms with Gasteiger partial charge in [0.05, 0.1) is 13.2 Å². The molecule has 0 aliphatic heterocycles. The largest absolute Gasteiger partial charge is 0.480 e. The molecular weight excluding hydrogens is 524 g/mol. The molecule has 0 aliphatic rings. The lowest BCUT2D eigenvalue weighted by molar-refractivity contribution is -0.144. The number of rotatable bonds is 30. The van der Waals surface area contributed by atoms with Gasteiger partial charge in [0, 0.05) is 0 Å². The average Bonchev–Trinajstić information content (AvgIpc) is 2.93. The van der Waals surface area contributed by atoms with Crippen molar-refractivity contribution >= 4 is 11.9 Å². The van der Waals surface area contributed by atoms with Crippen LogP contribution >= 0.6 is 0 Å². The summed E-state index contributed by atoms with van der Waals surface area (Å²) in [7, 11) is 7.45. The topological polar surface area (TPSA) is 70.1 Å². The first kappa shape index (κ1) is 43.0. The summed E-state index contributed by atoms with van der Waals surface area (Å²) in [5.41, 5.74) is 0. The molecule has 0 rings (SSSR count). The summed E-state index contributed by atoms with van der Waals surface area (Å²) in [6, 6.07) is -0.312. The van der Waals surface area contributed by atoms with Gasteiger partial charge in [-0.1, -0.05) is 162 Å². The lowest BCUT2D eigenvalue weighted by Crippen LogP contribution is -2.35. The maximum atomic E-state index is 11.3. The molecule has 0 heterocycles. The van der Waals surface area contributed by atoms with Gasteiger partial charge in [-0.3, -0.25) is 19.4 Å². The number of carboxylic acid groups (broad SMARTS) is 1. The SMILES string of the molecule is CCCCCCCCCCCCCCC(C(=O)O)N(C)C.CCCCCCCCCCCCCCOC(=O)CN(C)C. The van der Waals surface area contributed by atoms with Gasteiger partial charge >= 0.3 is 11.9 Å². The first-order valence-corrected chi connectivity index (χ1v) is 18.0. The second kappa shape index (κ2) is 34.4. The molecule has 6 nitrogen and oxygen atoms in total. The van der Waals surface area contributed by atoms with E-state index in [1.54, 1.807) is 4.90 Å². The van der Waals surface area contributed by atoms with Crippen LogP contribution in [0.15, 0.2) is 0 Å². The summed E-state index contributed by atoms with van der Waals surface area (Å²) in [4.78, 5) is 26.0. The maximum Gasteiger partial charge on any atom is 0.320 e. The van der Waals surface area contributed by atoms with Gasteiger partial charge in [0.2, 0.25) is 0 Å². The molecule has 6 heteroatoms. The van der Waals surface area contributed by atoms with E-state index in [4.69, 9.17) is 9.84 Å². The molecular formula is C36H74N2O4. The highest BCUT2D eigenvalue weighted by Gasteiger charge is 2.18. The van der Waals surface area contributed by atoms with E-state index < -0.39 is 5.97 Å². The highest BCUT2D eigenvalue weighted by atomic mass is 16.5. The van der Waals surface area contributed by atoms with Gasteiger partial charge in [0.1, 0.15) is 6.04 Å². The first-order valence-electron chi connectivity index (χ1n) is 18.0. The fourth-order valence-electron chi connectivity index (χ4n) is 5.21. The molecule has 0 bridgehead atoms. The zero-order chi connectivity index (χ0) is 31.7. The molecule has 0 amide bonds. The van der Waals surface area contributed by atoms with Crippen molar-refractivity contribution in [3.05, 3.63) is 0 Å². The molecule has 0 aliphatic carbocycles. The van der Waals surface area contributed by atoms with Gasteiger partial charge in [0.25, 0.3) is 0 Å². The van der Waals surface area contributed by atoms with Crippen molar-refractivity contribution in [3.8, 4) is 0 Å². The number of hydrogen-bond donors (Lipinski definition) is 1. The number of hydrogen-bond acceptors (Lipinski definition) is 5. The summed E-state index contributed by atoms with van der Waals surface area (Å²) in [6.07, 6.45) is 32.6. The summed E-state index contributed by atoms with van der Waals surface area (Å²) in [6.45, 7) is 5.50. The van der Waals surface area contributed by atoms with E-state index in [1.807, 2.05) is 33.1 Å². The van der Waals surface area contributed by atoms with Crippen LogP contribution in [0.1, 0.15) is 174 Å². The van der Waals surface area contributed by atoms with Crippen LogP contribution in [0.4, 0.5) is 0 Å². The normalized spacial score (nSPS) is 11.9. The van der Waals surface area contributed by atoms with Crippen LogP contribution in [0.2, 0.25) is 0 Å². The second-order valence-electron chi connectivity index (χ2n) is 12.8. The smallest absolute Gasteiger partial charge is 0.320 e. The van der Waals surface area contributed by atoms with Crippen LogP contribution in [0.3, 0.4) is 0 Å². The standard InChI is InChI=1S/2C18H37NO2/c1-4-5-6-7-8-9-10-11-12-13-14-15-16-21-18(20)17-19(2)3;1-4-5-6-7-8-9-10-11-12-13-14-15-16-17(18(20)21)19(2)3/h4-17H2,1-3H3;17H,4-16H2,1-3H3,(H,20,21). The van der Waals surface area contributed by atoms with E-state index in [1.165, 1.54) is 141 Å². The molecule has 0 saturated heterocycles. The molecule has 0 radical (unpaired) electrons. The molecule has 0 fully saturated rings. The third kappa shape index (κ3) is 35.1. The Morgan fingerprint density at radius 2 is 0.881 bits per heavy atom. The minimum absolute atomic E-state index is 0.108. The van der Waals surface area contributed by atoms with Gasteiger partial charge in [0.15, 0.2) is 0 Å². The number of likely N-dealkylation sites (N-methyl/N-ethyl adjacent to an activating group) is 2. The van der Waals surface area contributed by atoms with Gasteiger partial charge in [-0.2, -0.15) is 0 Å². The van der Waals surface area contributed by atoms with E-state index in [-0.39, 0.29) is 12.0 Å². The number of unbranched alkanes of at least 4 members (excludes halogenated alkanes) is 22. The predicted molar refractivity (Wildman–Crippen MR) is 181 cm³/mol. The minimum atomic E-state index is -0.692. The number of ether oxygens (including phenoxy) is 1. The molecule has 0 aromatic rings. The molecule has 252 valence electrons. The van der Waals surface area contributed by atoms with Gasteiger partial charge in [-0.25, -0.2) is 0 Å². The van der Waals surface area contributed by atoms with Crippen LogP contribution in [-0.4, -0.2) is 74.2 Å². The summed E-state index contributed by atoms with van der Waals surface area (Å²) in [5.74, 6) is -0.800. The Hall–Kier alpha value is -1.14. The average molecular weight is 599 g/mol. The Morgan fingerprint density at radius 3 is 1.19 bits per heavy atom. The predicted octanol–water partition coefficient (Wildman–Crippen LogP) is 9.88. The second-order valence-corrected chi connectivity index (χ2v) is 12.8. The highest BCUT2D eigenvalue weighted by molar-refractivity contribution is 5.73. The first-order chi connectivity index (χ1) is 20.3. The van der Waals surface area contributed by atoms with Gasteiger partial charge < -0.3 is 9.84 Å². The number of carbonyl (C=O) groups excluding carboxylic acids is 1. The number of aliphatic carboxylic acids is 1. The Morgan fingerprint density at radius 1 is 0.548 bits per heavy atom. The number of esters is 1. The van der Waals surface area contributed by atoms with Crippen molar-refractivity contribution in [2.45, 2.75) is 180 Å². The Bertz CT molecular complexity index is 567. The van der Waals surface area contributed by atoms with Crippen molar-refractivity contribution in [1.29, 1.82) is 0 Å². The van der Waals surface area contributed by atoms with E-state index in [9.17, 15) is 9.59 Å². The van der Waals surface area contributed by atoms with Gasteiger partial charge in [-0.15, -0.1) is 0 Å². The van der Waals surface area contributed by atoms with Crippen molar-refractivity contribution in [2.75, 3.05) is 41.3 Å². The van der Waals surface area contributed by atoms with E-state index >= 15 is 0 Å². The molecule has 1 atom stereocenters. The van der Waals surface area contributed by atoms with E-state index in [2.05, 4.69) is 13.8 Å². The summed E-state index contributed by atoms with van der Waals surface area (Å²) < 4.78 is 5.16. The number of nitrogens with zero attached hydrogens (tertiary/aromatic N) is 2. The lowest BCUT2D eigenvalue weighted by atomic mass is 10.0. The Balaban J connectivity index is 0. The van der Waals surface area contributed by atoms with Crippen molar-refractivity contribution in [1.82, 2.24) is 9.80 Å². The van der Waals surface area contributed by atoms with E-state index in [0.717, 1.165) is 19.3 Å². The van der Waals surface area contributed by atoms with Gasteiger partial charge in [-0.05, 0) is 41.0 Å². The molecule has 0 aromatic heterocycles. The third-order valence-corrected chi connectivity index (χ3v) is 7.95. The number of carbonyl (C=O) groups is 2. The quantitative estimate of drug-likeness (QED) is 0.0655. The number of carboxylic acids is 1. The lowest BCUT2D eigenvalue weighted by Gasteiger charge is -2.19. The third-order valence-electron chi connectivity index (χ3n) is 7.95. The van der Waals surface area contributed by atoms with Crippen LogP contribution in [0.25, 0.3) is 0 Å². The zero-order valence-corrected chi connectivity index (χ0v) is 29.2. The fraction of sp³-hybridized carbons (Fsp3) is 0.944.